The predicted molar refractivity (Wildman–Crippen MR) is 130 cm³/mol. The van der Waals surface area contributed by atoms with Gasteiger partial charge in [0.05, 0.1) is 0 Å². The zero-order valence-electron chi connectivity index (χ0n) is 18.7. The van der Waals surface area contributed by atoms with Gasteiger partial charge in [-0.25, -0.2) is 0 Å². The Hall–Kier alpha value is -1.39. The number of hydrogen-bond donors (Lipinski definition) is 2. The van der Waals surface area contributed by atoms with Crippen LogP contribution in [0.1, 0.15) is 41.5 Å². The van der Waals surface area contributed by atoms with Gasteiger partial charge in [0.1, 0.15) is 21.7 Å². The van der Waals surface area contributed by atoms with Crippen molar-refractivity contribution >= 4 is 54.5 Å². The van der Waals surface area contributed by atoms with Gasteiger partial charge in [-0.05, 0) is 95.2 Å². The highest BCUT2D eigenvalue weighted by atomic mass is 33.5. The van der Waals surface area contributed by atoms with Gasteiger partial charge < -0.3 is 10.2 Å². The molecule has 0 aliphatic carbocycles. The molecule has 2 atom stereocenters. The molecule has 0 amide bonds. The van der Waals surface area contributed by atoms with Crippen LogP contribution in [0.15, 0.2) is 48.6 Å². The van der Waals surface area contributed by atoms with E-state index in [-0.39, 0.29) is 22.3 Å². The topological polar surface area (TPSA) is 109 Å². The zero-order chi connectivity index (χ0) is 24.9. The lowest BCUT2D eigenvalue weighted by Crippen LogP contribution is -2.46. The van der Waals surface area contributed by atoms with Crippen LogP contribution in [0, 0.1) is 10.8 Å². The number of allylic oxidation sites excluding steroid dienone is 4. The molecule has 0 fully saturated rings. The van der Waals surface area contributed by atoms with Gasteiger partial charge in [0.2, 0.25) is 0 Å². The summed E-state index contributed by atoms with van der Waals surface area (Å²) in [5.41, 5.74) is -6.28. The molecule has 0 bridgehead atoms. The maximum atomic E-state index is 12.6. The standard InChI is InChI=1S/C22H30O6S3/c1-11(2)15(23)21(9,16(24)12(3)4)19(27)29-31-30-20(28)22(10,17(25)13(5)6)18(26)14(7)8/h19-20,27-28H,1,3,5,7H2,2,4,6,8-10H3. The van der Waals surface area contributed by atoms with Crippen molar-refractivity contribution in [2.45, 2.75) is 52.4 Å². The Morgan fingerprint density at radius 2 is 0.806 bits per heavy atom. The summed E-state index contributed by atoms with van der Waals surface area (Å²) in [7, 11) is 2.33. The molecule has 0 radical (unpaired) electrons. The number of rotatable bonds is 14. The predicted octanol–water partition coefficient (Wildman–Crippen LogP) is 4.25. The third kappa shape index (κ3) is 6.32. The quantitative estimate of drug-likeness (QED) is 0.161. The van der Waals surface area contributed by atoms with E-state index in [0.717, 1.165) is 31.4 Å². The summed E-state index contributed by atoms with van der Waals surface area (Å²) in [5, 5.41) is 21.4. The highest BCUT2D eigenvalue weighted by Crippen LogP contribution is 2.49. The molecule has 0 spiro atoms. The van der Waals surface area contributed by atoms with Crippen molar-refractivity contribution in [3.63, 3.8) is 0 Å². The van der Waals surface area contributed by atoms with Gasteiger partial charge in [0.25, 0.3) is 0 Å². The molecule has 0 saturated heterocycles. The molecule has 0 aromatic heterocycles. The molecule has 0 aliphatic rings. The maximum Gasteiger partial charge on any atom is 0.175 e. The van der Waals surface area contributed by atoms with Gasteiger partial charge in [-0.2, -0.15) is 0 Å². The molecule has 0 aromatic rings. The van der Waals surface area contributed by atoms with E-state index in [2.05, 4.69) is 26.3 Å². The number of hydrogen-bond acceptors (Lipinski definition) is 9. The summed E-state index contributed by atoms with van der Waals surface area (Å²) in [6.07, 6.45) is 0. The van der Waals surface area contributed by atoms with Crippen molar-refractivity contribution in [3.8, 4) is 0 Å². The monoisotopic (exact) mass is 486 g/mol. The molecule has 9 heteroatoms. The Morgan fingerprint density at radius 3 is 0.968 bits per heavy atom. The number of ketones is 4. The molecule has 0 aliphatic heterocycles. The van der Waals surface area contributed by atoms with Gasteiger partial charge in [-0.1, -0.05) is 26.3 Å². The molecular formula is C22H30O6S3. The SMILES string of the molecule is C=C(C)C(=O)C(C)(C(=O)C(=C)C)C(O)SSSC(O)C(C)(C(=O)C(=C)C)C(=O)C(=C)C. The molecule has 0 heterocycles. The number of aliphatic hydroxyl groups is 2. The molecule has 2 unspecified atom stereocenters. The first-order chi connectivity index (χ1) is 14.0. The van der Waals surface area contributed by atoms with Crippen molar-refractivity contribution in [1.82, 2.24) is 0 Å². The minimum atomic E-state index is -1.83. The molecule has 0 aromatic carbocycles. The van der Waals surface area contributed by atoms with E-state index in [1.807, 2.05) is 0 Å². The first-order valence-electron chi connectivity index (χ1n) is 9.13. The molecule has 172 valence electrons. The lowest BCUT2D eigenvalue weighted by Gasteiger charge is -2.33. The summed E-state index contributed by atoms with van der Waals surface area (Å²) in [6.45, 7) is 22.6. The van der Waals surface area contributed by atoms with E-state index in [9.17, 15) is 29.4 Å². The van der Waals surface area contributed by atoms with Crippen molar-refractivity contribution in [2.24, 2.45) is 10.8 Å². The Kier molecular flexibility index (Phi) is 11.0. The molecule has 0 saturated carbocycles. The van der Waals surface area contributed by atoms with Gasteiger partial charge in [0, 0.05) is 0 Å². The van der Waals surface area contributed by atoms with E-state index in [4.69, 9.17) is 0 Å². The molecular weight excluding hydrogens is 456 g/mol. The summed E-state index contributed by atoms with van der Waals surface area (Å²) < 4.78 is 0. The van der Waals surface area contributed by atoms with Crippen LogP contribution in [0.25, 0.3) is 0 Å². The van der Waals surface area contributed by atoms with Crippen molar-refractivity contribution in [1.29, 1.82) is 0 Å². The summed E-state index contributed by atoms with van der Waals surface area (Å²) in [6, 6.07) is 0. The van der Waals surface area contributed by atoms with Crippen molar-refractivity contribution in [2.75, 3.05) is 0 Å². The smallest absolute Gasteiger partial charge is 0.175 e. The number of carbonyl (C=O) groups excluding carboxylic acids is 4. The molecule has 2 N–H and O–H groups in total. The molecule has 31 heavy (non-hydrogen) atoms. The lowest BCUT2D eigenvalue weighted by atomic mass is 9.77. The van der Waals surface area contributed by atoms with Gasteiger partial charge >= 0.3 is 0 Å². The van der Waals surface area contributed by atoms with Crippen LogP contribution in [-0.4, -0.2) is 44.2 Å². The Bertz CT molecular complexity index is 722. The normalized spacial score (nSPS) is 13.7. The third-order valence-corrected chi connectivity index (χ3v) is 9.13. The number of carbonyl (C=O) groups is 4. The van der Waals surface area contributed by atoms with Crippen LogP contribution < -0.4 is 0 Å². The first-order valence-corrected chi connectivity index (χ1v) is 12.7. The average Bonchev–Trinajstić information content (AvgIpc) is 2.69. The molecule has 6 nitrogen and oxygen atoms in total. The number of aliphatic hydroxyl groups excluding tert-OH is 2. The fourth-order valence-corrected chi connectivity index (χ4v) is 7.21. The van der Waals surface area contributed by atoms with Gasteiger partial charge in [-0.3, -0.25) is 19.2 Å². The highest BCUT2D eigenvalue weighted by molar-refractivity contribution is 9.09. The van der Waals surface area contributed by atoms with Crippen molar-refractivity contribution < 1.29 is 29.4 Å². The van der Waals surface area contributed by atoms with E-state index in [1.165, 1.54) is 41.5 Å². The van der Waals surface area contributed by atoms with Crippen molar-refractivity contribution in [3.05, 3.63) is 48.6 Å². The van der Waals surface area contributed by atoms with Gasteiger partial charge in [-0.15, -0.1) is 0 Å². The lowest BCUT2D eigenvalue weighted by molar-refractivity contribution is -0.140. The first kappa shape index (κ1) is 29.6. The second-order valence-electron chi connectivity index (χ2n) is 7.81. The minimum absolute atomic E-state index is 0.0983. The van der Waals surface area contributed by atoms with Crippen LogP contribution in [0.2, 0.25) is 0 Å². The van der Waals surface area contributed by atoms with Crippen LogP contribution in [0.4, 0.5) is 0 Å². The van der Waals surface area contributed by atoms with E-state index >= 15 is 0 Å². The second-order valence-corrected chi connectivity index (χ2v) is 12.0. The minimum Gasteiger partial charge on any atom is -0.380 e. The van der Waals surface area contributed by atoms with E-state index < -0.39 is 44.8 Å². The maximum absolute atomic E-state index is 12.6. The third-order valence-electron chi connectivity index (χ3n) is 4.69. The van der Waals surface area contributed by atoms with Crippen LogP contribution >= 0.6 is 31.4 Å². The van der Waals surface area contributed by atoms with E-state index in [0.29, 0.717) is 0 Å². The summed E-state index contributed by atoms with van der Waals surface area (Å²) in [4.78, 5) is 50.5. The largest absolute Gasteiger partial charge is 0.380 e. The number of Topliss-reactive ketones (excluding diaryl/α,β-unsaturated/α-hetero) is 4. The van der Waals surface area contributed by atoms with Crippen LogP contribution in [-0.2, 0) is 19.2 Å². The zero-order valence-corrected chi connectivity index (χ0v) is 21.2. The fourth-order valence-electron chi connectivity index (χ4n) is 2.72. The second kappa shape index (κ2) is 11.5. The highest BCUT2D eigenvalue weighted by Gasteiger charge is 2.50. The van der Waals surface area contributed by atoms with Crippen LogP contribution in [0.3, 0.4) is 0 Å². The fraction of sp³-hybridized carbons (Fsp3) is 0.455. The van der Waals surface area contributed by atoms with Gasteiger partial charge in [0.15, 0.2) is 23.1 Å². The Balaban J connectivity index is 5.69. The summed E-state index contributed by atoms with van der Waals surface area (Å²) >= 11 is 0. The Labute approximate surface area is 195 Å². The van der Waals surface area contributed by atoms with E-state index in [1.54, 1.807) is 0 Å². The van der Waals surface area contributed by atoms with Crippen LogP contribution in [0.5, 0.6) is 0 Å². The molecule has 0 rings (SSSR count). The summed E-state index contributed by atoms with van der Waals surface area (Å²) in [5.74, 6) is -2.53. The Morgan fingerprint density at radius 1 is 0.613 bits per heavy atom. The average molecular weight is 487 g/mol.